The van der Waals surface area contributed by atoms with Crippen LogP contribution in [0.4, 0.5) is 5.69 Å². The molecule has 1 heterocycles. The van der Waals surface area contributed by atoms with Gasteiger partial charge in [0.15, 0.2) is 18.1 Å². The maximum absolute atomic E-state index is 12.3. The van der Waals surface area contributed by atoms with Crippen LogP contribution in [-0.4, -0.2) is 31.7 Å². The van der Waals surface area contributed by atoms with Gasteiger partial charge in [0.1, 0.15) is 13.2 Å². The van der Waals surface area contributed by atoms with E-state index in [1.165, 1.54) is 0 Å². The van der Waals surface area contributed by atoms with Gasteiger partial charge in [-0.2, -0.15) is 0 Å². The number of hydrogen-bond acceptors (Lipinski definition) is 6. The molecule has 1 aliphatic rings. The molecule has 4 rings (SSSR count). The van der Waals surface area contributed by atoms with Gasteiger partial charge in [0, 0.05) is 9.79 Å². The third-order valence-corrected chi connectivity index (χ3v) is 5.54. The van der Waals surface area contributed by atoms with Gasteiger partial charge in [0.2, 0.25) is 0 Å². The predicted molar refractivity (Wildman–Crippen MR) is 118 cm³/mol. The third-order valence-electron chi connectivity index (χ3n) is 4.45. The molecule has 1 amide bonds. The number of carbonyl (C=O) groups is 2. The Morgan fingerprint density at radius 3 is 2.48 bits per heavy atom. The summed E-state index contributed by atoms with van der Waals surface area (Å²) in [6.07, 6.45) is 0.0460. The average Bonchev–Trinajstić information content (AvgIpc) is 2.80. The third kappa shape index (κ3) is 5.79. The molecule has 158 valence electrons. The number of para-hydroxylation sites is 1. The lowest BCUT2D eigenvalue weighted by molar-refractivity contribution is -0.146. The van der Waals surface area contributed by atoms with E-state index >= 15 is 0 Å². The highest BCUT2D eigenvalue weighted by molar-refractivity contribution is 7.99. The van der Waals surface area contributed by atoms with Crippen molar-refractivity contribution in [2.45, 2.75) is 16.2 Å². The largest absolute Gasteiger partial charge is 0.486 e. The number of fused-ring (bicyclic) bond motifs is 1. The van der Waals surface area contributed by atoms with Gasteiger partial charge in [-0.25, -0.2) is 0 Å². The lowest BCUT2D eigenvalue weighted by atomic mass is 10.1. The first kappa shape index (κ1) is 20.8. The standard InChI is InChI=1S/C24H21NO5S/c26-23(25-19-8-4-5-9-22(19)31-18-6-2-1-3-7-18)16-30-24(27)15-17-10-11-20-21(14-17)29-13-12-28-20/h1-11,14H,12-13,15-16H2,(H,25,26). The van der Waals surface area contributed by atoms with Crippen molar-refractivity contribution >= 4 is 29.3 Å². The maximum atomic E-state index is 12.3. The molecule has 0 aliphatic carbocycles. The number of esters is 1. The van der Waals surface area contributed by atoms with Crippen molar-refractivity contribution in [2.75, 3.05) is 25.1 Å². The van der Waals surface area contributed by atoms with Crippen molar-refractivity contribution in [2.24, 2.45) is 0 Å². The zero-order valence-electron chi connectivity index (χ0n) is 16.7. The molecule has 0 saturated carbocycles. The average molecular weight is 436 g/mol. The van der Waals surface area contributed by atoms with Gasteiger partial charge in [-0.15, -0.1) is 0 Å². The van der Waals surface area contributed by atoms with E-state index in [2.05, 4.69) is 5.32 Å². The zero-order chi connectivity index (χ0) is 21.5. The van der Waals surface area contributed by atoms with Crippen LogP contribution in [0.2, 0.25) is 0 Å². The summed E-state index contributed by atoms with van der Waals surface area (Å²) >= 11 is 1.55. The van der Waals surface area contributed by atoms with E-state index in [1.54, 1.807) is 30.0 Å². The normalized spacial score (nSPS) is 12.1. The van der Waals surface area contributed by atoms with E-state index in [0.29, 0.717) is 30.4 Å². The van der Waals surface area contributed by atoms with E-state index in [-0.39, 0.29) is 13.0 Å². The Morgan fingerprint density at radius 2 is 1.65 bits per heavy atom. The SMILES string of the molecule is O=C(COC(=O)Cc1ccc2c(c1)OCCO2)Nc1ccccc1Sc1ccccc1. The summed E-state index contributed by atoms with van der Waals surface area (Å²) in [4.78, 5) is 26.5. The summed E-state index contributed by atoms with van der Waals surface area (Å²) in [5.74, 6) is 0.395. The quantitative estimate of drug-likeness (QED) is 0.557. The number of amides is 1. The van der Waals surface area contributed by atoms with Crippen LogP contribution in [-0.2, 0) is 20.7 Å². The van der Waals surface area contributed by atoms with Gasteiger partial charge >= 0.3 is 5.97 Å². The Morgan fingerprint density at radius 1 is 0.903 bits per heavy atom. The second kappa shape index (κ2) is 10.0. The lowest BCUT2D eigenvalue weighted by Gasteiger charge is -2.18. The van der Waals surface area contributed by atoms with Crippen LogP contribution in [0.3, 0.4) is 0 Å². The smallest absolute Gasteiger partial charge is 0.310 e. The summed E-state index contributed by atoms with van der Waals surface area (Å²) in [5, 5.41) is 2.82. The summed E-state index contributed by atoms with van der Waals surface area (Å²) in [7, 11) is 0. The molecule has 31 heavy (non-hydrogen) atoms. The number of nitrogens with one attached hydrogen (secondary N) is 1. The summed E-state index contributed by atoms with van der Waals surface area (Å²) in [6.45, 7) is 0.634. The molecular formula is C24H21NO5S. The second-order valence-electron chi connectivity index (χ2n) is 6.77. The number of ether oxygens (including phenoxy) is 3. The molecule has 0 unspecified atom stereocenters. The molecule has 3 aromatic rings. The van der Waals surface area contributed by atoms with Gasteiger partial charge in [0.25, 0.3) is 5.91 Å². The molecule has 1 aliphatic heterocycles. The fraction of sp³-hybridized carbons (Fsp3) is 0.167. The molecule has 6 nitrogen and oxygen atoms in total. The monoisotopic (exact) mass is 435 g/mol. The number of benzene rings is 3. The summed E-state index contributed by atoms with van der Waals surface area (Å²) in [5.41, 5.74) is 1.41. The highest BCUT2D eigenvalue weighted by Crippen LogP contribution is 2.33. The van der Waals surface area contributed by atoms with Crippen molar-refractivity contribution in [3.63, 3.8) is 0 Å². The van der Waals surface area contributed by atoms with E-state index < -0.39 is 11.9 Å². The lowest BCUT2D eigenvalue weighted by Crippen LogP contribution is -2.22. The molecule has 1 N–H and O–H groups in total. The minimum atomic E-state index is -0.487. The summed E-state index contributed by atoms with van der Waals surface area (Å²) in [6, 6.07) is 22.7. The molecule has 0 saturated heterocycles. The molecule has 0 atom stereocenters. The van der Waals surface area contributed by atoms with Gasteiger partial charge in [0.05, 0.1) is 12.1 Å². The summed E-state index contributed by atoms with van der Waals surface area (Å²) < 4.78 is 16.1. The van der Waals surface area contributed by atoms with Gasteiger partial charge in [-0.1, -0.05) is 48.2 Å². The van der Waals surface area contributed by atoms with Crippen LogP contribution in [0.25, 0.3) is 0 Å². The molecule has 3 aromatic carbocycles. The minimum absolute atomic E-state index is 0.0460. The Bertz CT molecular complexity index is 1070. The molecule has 7 heteroatoms. The highest BCUT2D eigenvalue weighted by atomic mass is 32.2. The van der Waals surface area contributed by atoms with Crippen molar-refractivity contribution in [1.82, 2.24) is 0 Å². The fourth-order valence-electron chi connectivity index (χ4n) is 3.02. The van der Waals surface area contributed by atoms with Crippen molar-refractivity contribution in [3.8, 4) is 11.5 Å². The van der Waals surface area contributed by atoms with Gasteiger partial charge in [-0.3, -0.25) is 9.59 Å². The van der Waals surface area contributed by atoms with Gasteiger partial charge in [-0.05, 0) is 42.0 Å². The first-order valence-electron chi connectivity index (χ1n) is 9.83. The number of hydrogen-bond donors (Lipinski definition) is 1. The maximum Gasteiger partial charge on any atom is 0.310 e. The van der Waals surface area contributed by atoms with Crippen LogP contribution in [0.5, 0.6) is 11.5 Å². The van der Waals surface area contributed by atoms with Crippen LogP contribution in [0.15, 0.2) is 82.6 Å². The number of rotatable bonds is 7. The molecule has 0 fully saturated rings. The Balaban J connectivity index is 1.30. The van der Waals surface area contributed by atoms with Crippen molar-refractivity contribution in [3.05, 3.63) is 78.4 Å². The molecular weight excluding hydrogens is 414 g/mol. The van der Waals surface area contributed by atoms with Crippen molar-refractivity contribution in [1.29, 1.82) is 0 Å². The number of anilines is 1. The Kier molecular flexibility index (Phi) is 6.74. The van der Waals surface area contributed by atoms with Crippen LogP contribution in [0, 0.1) is 0 Å². The topological polar surface area (TPSA) is 73.9 Å². The first-order chi connectivity index (χ1) is 15.2. The van der Waals surface area contributed by atoms with E-state index in [1.807, 2.05) is 54.6 Å². The van der Waals surface area contributed by atoms with Crippen LogP contribution >= 0.6 is 11.8 Å². The van der Waals surface area contributed by atoms with E-state index in [4.69, 9.17) is 14.2 Å². The Labute approximate surface area is 184 Å². The second-order valence-corrected chi connectivity index (χ2v) is 7.89. The Hall–Kier alpha value is -3.45. The first-order valence-corrected chi connectivity index (χ1v) is 10.6. The van der Waals surface area contributed by atoms with Crippen molar-refractivity contribution < 1.29 is 23.8 Å². The number of carbonyl (C=O) groups excluding carboxylic acids is 2. The fourth-order valence-corrected chi connectivity index (χ4v) is 3.94. The highest BCUT2D eigenvalue weighted by Gasteiger charge is 2.15. The van der Waals surface area contributed by atoms with E-state index in [9.17, 15) is 9.59 Å². The van der Waals surface area contributed by atoms with E-state index in [0.717, 1.165) is 15.4 Å². The van der Waals surface area contributed by atoms with Gasteiger partial charge < -0.3 is 19.5 Å². The molecule has 0 radical (unpaired) electrons. The molecule has 0 aromatic heterocycles. The van der Waals surface area contributed by atoms with Crippen LogP contribution in [0.1, 0.15) is 5.56 Å². The predicted octanol–water partition coefficient (Wildman–Crippen LogP) is 4.33. The molecule has 0 bridgehead atoms. The minimum Gasteiger partial charge on any atom is -0.486 e. The zero-order valence-corrected chi connectivity index (χ0v) is 17.5. The van der Waals surface area contributed by atoms with Crippen LogP contribution < -0.4 is 14.8 Å². The molecule has 0 spiro atoms.